The Bertz CT molecular complexity index is 535. The molecule has 0 aliphatic heterocycles. The molecule has 0 amide bonds. The highest BCUT2D eigenvalue weighted by atomic mass is 19.2. The molecule has 0 aliphatic carbocycles. The molecule has 0 unspecified atom stereocenters. The normalized spacial score (nSPS) is 10.4. The molecule has 1 nitrogen and oxygen atoms in total. The first-order valence-electron chi connectivity index (χ1n) is 4.91. The maximum atomic E-state index is 13.5. The van der Waals surface area contributed by atoms with Gasteiger partial charge in [-0.15, -0.1) is 0 Å². The van der Waals surface area contributed by atoms with Gasteiger partial charge in [-0.2, -0.15) is 0 Å². The summed E-state index contributed by atoms with van der Waals surface area (Å²) in [7, 11) is 1.51. The van der Waals surface area contributed by atoms with Crippen LogP contribution in [-0.4, -0.2) is 7.11 Å². The van der Waals surface area contributed by atoms with E-state index >= 15 is 0 Å². The highest BCUT2D eigenvalue weighted by molar-refractivity contribution is 5.65. The minimum Gasteiger partial charge on any atom is -0.497 e. The van der Waals surface area contributed by atoms with E-state index < -0.39 is 17.5 Å². The predicted molar refractivity (Wildman–Crippen MR) is 58.3 cm³/mol. The van der Waals surface area contributed by atoms with Gasteiger partial charge in [0.2, 0.25) is 0 Å². The highest BCUT2D eigenvalue weighted by Crippen LogP contribution is 2.26. The van der Waals surface area contributed by atoms with Crippen LogP contribution in [0.1, 0.15) is 0 Å². The number of halogens is 3. The lowest BCUT2D eigenvalue weighted by molar-refractivity contribution is 0.415. The van der Waals surface area contributed by atoms with Crippen molar-refractivity contribution in [2.45, 2.75) is 0 Å². The Kier molecular flexibility index (Phi) is 3.04. The van der Waals surface area contributed by atoms with Gasteiger partial charge >= 0.3 is 0 Å². The lowest BCUT2D eigenvalue weighted by Gasteiger charge is -2.05. The summed E-state index contributed by atoms with van der Waals surface area (Å²) in [6, 6.07) is 7.77. The third kappa shape index (κ3) is 2.25. The Morgan fingerprint density at radius 1 is 0.824 bits per heavy atom. The number of hydrogen-bond donors (Lipinski definition) is 0. The second-order valence-electron chi connectivity index (χ2n) is 3.47. The summed E-state index contributed by atoms with van der Waals surface area (Å²) in [5.74, 6) is -2.46. The molecule has 0 N–H and O–H groups in total. The van der Waals surface area contributed by atoms with Gasteiger partial charge in [-0.25, -0.2) is 13.2 Å². The molecular weight excluding hydrogens is 229 g/mol. The van der Waals surface area contributed by atoms with Crippen LogP contribution in [0.25, 0.3) is 11.1 Å². The maximum Gasteiger partial charge on any atom is 0.161 e. The zero-order valence-corrected chi connectivity index (χ0v) is 9.01. The molecule has 0 aliphatic rings. The van der Waals surface area contributed by atoms with E-state index in [2.05, 4.69) is 0 Å². The molecule has 88 valence electrons. The molecule has 0 spiro atoms. The summed E-state index contributed by atoms with van der Waals surface area (Å²) in [5.41, 5.74) is 0.480. The monoisotopic (exact) mass is 238 g/mol. The van der Waals surface area contributed by atoms with Crippen molar-refractivity contribution in [3.8, 4) is 16.9 Å². The van der Waals surface area contributed by atoms with Crippen molar-refractivity contribution in [3.63, 3.8) is 0 Å². The average Bonchev–Trinajstić information content (AvgIpc) is 2.34. The summed E-state index contributed by atoms with van der Waals surface area (Å²) < 4.78 is 44.2. The Balaban J connectivity index is 2.48. The van der Waals surface area contributed by atoms with Gasteiger partial charge in [0.05, 0.1) is 7.11 Å². The number of ether oxygens (including phenoxy) is 1. The van der Waals surface area contributed by atoms with Crippen molar-refractivity contribution in [2.75, 3.05) is 7.11 Å². The van der Waals surface area contributed by atoms with Gasteiger partial charge in [0, 0.05) is 11.6 Å². The van der Waals surface area contributed by atoms with E-state index in [4.69, 9.17) is 4.74 Å². The van der Waals surface area contributed by atoms with Gasteiger partial charge in [-0.3, -0.25) is 0 Å². The third-order valence-electron chi connectivity index (χ3n) is 2.41. The Labute approximate surface area is 96.5 Å². The summed E-state index contributed by atoms with van der Waals surface area (Å²) >= 11 is 0. The Morgan fingerprint density at radius 3 is 2.00 bits per heavy atom. The van der Waals surface area contributed by atoms with Crippen molar-refractivity contribution in [2.24, 2.45) is 0 Å². The van der Waals surface area contributed by atoms with Gasteiger partial charge in [0.15, 0.2) is 11.6 Å². The van der Waals surface area contributed by atoms with E-state index in [1.165, 1.54) is 7.11 Å². The molecule has 2 aromatic rings. The van der Waals surface area contributed by atoms with E-state index in [-0.39, 0.29) is 5.56 Å². The van der Waals surface area contributed by atoms with Crippen molar-refractivity contribution >= 4 is 0 Å². The van der Waals surface area contributed by atoms with Crippen molar-refractivity contribution < 1.29 is 17.9 Å². The standard InChI is InChI=1S/C13H9F3O/c1-17-9-4-2-8(3-5-9)10-6-12(15)13(16)7-11(10)14/h2-7H,1H3. The molecule has 0 heterocycles. The molecule has 0 bridgehead atoms. The van der Waals surface area contributed by atoms with Crippen LogP contribution in [-0.2, 0) is 0 Å². The van der Waals surface area contributed by atoms with Crippen LogP contribution in [0.15, 0.2) is 36.4 Å². The van der Waals surface area contributed by atoms with Crippen LogP contribution in [0, 0.1) is 17.5 Å². The molecule has 0 fully saturated rings. The second kappa shape index (κ2) is 4.49. The number of benzene rings is 2. The Morgan fingerprint density at radius 2 is 1.41 bits per heavy atom. The van der Waals surface area contributed by atoms with Crippen LogP contribution in [0.4, 0.5) is 13.2 Å². The minimum absolute atomic E-state index is 0.0200. The van der Waals surface area contributed by atoms with E-state index in [0.29, 0.717) is 17.4 Å². The molecule has 0 aromatic heterocycles. The predicted octanol–water partition coefficient (Wildman–Crippen LogP) is 3.78. The molecule has 17 heavy (non-hydrogen) atoms. The number of hydrogen-bond acceptors (Lipinski definition) is 1. The molecule has 2 aromatic carbocycles. The number of rotatable bonds is 2. The molecule has 0 saturated carbocycles. The largest absolute Gasteiger partial charge is 0.497 e. The molecule has 0 saturated heterocycles. The highest BCUT2D eigenvalue weighted by Gasteiger charge is 2.11. The molecule has 0 atom stereocenters. The summed E-state index contributed by atoms with van der Waals surface area (Å²) in [4.78, 5) is 0. The van der Waals surface area contributed by atoms with Gasteiger partial charge < -0.3 is 4.74 Å². The SMILES string of the molecule is COc1ccc(-c2cc(F)c(F)cc2F)cc1. The fourth-order valence-corrected chi connectivity index (χ4v) is 1.51. The second-order valence-corrected chi connectivity index (χ2v) is 3.47. The molecule has 0 radical (unpaired) electrons. The molecule has 4 heteroatoms. The van der Waals surface area contributed by atoms with Gasteiger partial charge in [-0.05, 0) is 23.8 Å². The van der Waals surface area contributed by atoms with Gasteiger partial charge in [0.1, 0.15) is 11.6 Å². The third-order valence-corrected chi connectivity index (χ3v) is 2.41. The average molecular weight is 238 g/mol. The van der Waals surface area contributed by atoms with Crippen molar-refractivity contribution in [1.29, 1.82) is 0 Å². The van der Waals surface area contributed by atoms with Crippen LogP contribution >= 0.6 is 0 Å². The van der Waals surface area contributed by atoms with Gasteiger partial charge in [0.25, 0.3) is 0 Å². The van der Waals surface area contributed by atoms with Crippen LogP contribution in [0.2, 0.25) is 0 Å². The molecule has 2 rings (SSSR count). The van der Waals surface area contributed by atoms with E-state index in [0.717, 1.165) is 6.07 Å². The van der Waals surface area contributed by atoms with Crippen LogP contribution in [0.5, 0.6) is 5.75 Å². The summed E-state index contributed by atoms with van der Waals surface area (Å²) in [5, 5.41) is 0. The van der Waals surface area contributed by atoms with E-state index in [1.807, 2.05) is 0 Å². The number of methoxy groups -OCH3 is 1. The van der Waals surface area contributed by atoms with E-state index in [1.54, 1.807) is 24.3 Å². The van der Waals surface area contributed by atoms with Crippen LogP contribution < -0.4 is 4.74 Å². The smallest absolute Gasteiger partial charge is 0.161 e. The first kappa shape index (κ1) is 11.5. The first-order valence-corrected chi connectivity index (χ1v) is 4.91. The van der Waals surface area contributed by atoms with Crippen molar-refractivity contribution in [1.82, 2.24) is 0 Å². The zero-order chi connectivity index (χ0) is 12.4. The van der Waals surface area contributed by atoms with E-state index in [9.17, 15) is 13.2 Å². The Hall–Kier alpha value is -1.97. The summed E-state index contributed by atoms with van der Waals surface area (Å²) in [6.07, 6.45) is 0. The lowest BCUT2D eigenvalue weighted by Crippen LogP contribution is -1.91. The topological polar surface area (TPSA) is 9.23 Å². The van der Waals surface area contributed by atoms with Crippen molar-refractivity contribution in [3.05, 3.63) is 53.8 Å². The fraction of sp³-hybridized carbons (Fsp3) is 0.0769. The lowest BCUT2D eigenvalue weighted by atomic mass is 10.0. The fourth-order valence-electron chi connectivity index (χ4n) is 1.51. The van der Waals surface area contributed by atoms with Gasteiger partial charge in [-0.1, -0.05) is 12.1 Å². The minimum atomic E-state index is -1.19. The summed E-state index contributed by atoms with van der Waals surface area (Å²) in [6.45, 7) is 0. The maximum absolute atomic E-state index is 13.5. The first-order chi connectivity index (χ1) is 8.11. The van der Waals surface area contributed by atoms with Crippen LogP contribution in [0.3, 0.4) is 0 Å². The zero-order valence-electron chi connectivity index (χ0n) is 9.01. The quantitative estimate of drug-likeness (QED) is 0.723. The molecular formula is C13H9F3O.